The van der Waals surface area contributed by atoms with Gasteiger partial charge in [0, 0.05) is 23.0 Å². The second-order valence-electron chi connectivity index (χ2n) is 15.7. The number of rotatable bonds is 5. The summed E-state index contributed by atoms with van der Waals surface area (Å²) in [5.74, 6) is 1.71. The van der Waals surface area contributed by atoms with E-state index in [4.69, 9.17) is 15.0 Å². The molecule has 6 heteroatoms. The molecule has 0 aliphatic carbocycles. The molecule has 7 aromatic carbocycles. The molecule has 4 heterocycles. The summed E-state index contributed by atoms with van der Waals surface area (Å²) in [5, 5.41) is 4.64. The molecular formula is C53H39N5Pt. The van der Waals surface area contributed by atoms with Gasteiger partial charge < -0.3 is 9.55 Å². The fourth-order valence-electron chi connectivity index (χ4n) is 9.29. The molecule has 0 atom stereocenters. The van der Waals surface area contributed by atoms with Gasteiger partial charge in [0.1, 0.15) is 11.6 Å². The molecule has 0 aliphatic heterocycles. The first-order chi connectivity index (χ1) is 28.3. The molecule has 5 nitrogen and oxygen atoms in total. The zero-order valence-corrected chi connectivity index (χ0v) is 35.7. The fourth-order valence-corrected chi connectivity index (χ4v) is 9.29. The Labute approximate surface area is 357 Å². The largest absolute Gasteiger partial charge is 2.00 e. The summed E-state index contributed by atoms with van der Waals surface area (Å²) in [7, 11) is 0. The van der Waals surface area contributed by atoms with E-state index in [0.29, 0.717) is 0 Å². The van der Waals surface area contributed by atoms with Gasteiger partial charge in [-0.15, -0.1) is 34.8 Å². The summed E-state index contributed by atoms with van der Waals surface area (Å²) in [6.07, 6.45) is 1.85. The number of pyridine rings is 1. The van der Waals surface area contributed by atoms with Crippen LogP contribution in [-0.2, 0) is 21.1 Å². The topological polar surface area (TPSA) is 49.7 Å². The average molecular weight is 941 g/mol. The minimum absolute atomic E-state index is 0. The van der Waals surface area contributed by atoms with E-state index in [1.807, 2.05) is 18.3 Å². The molecule has 0 fully saturated rings. The Kier molecular flexibility index (Phi) is 8.77. The van der Waals surface area contributed by atoms with Crippen molar-refractivity contribution in [3.63, 3.8) is 0 Å². The third-order valence-corrected chi connectivity index (χ3v) is 11.9. The molecule has 0 spiro atoms. The van der Waals surface area contributed by atoms with Crippen LogP contribution in [0.2, 0.25) is 0 Å². The molecular weight excluding hydrogens is 902 g/mol. The van der Waals surface area contributed by atoms with Gasteiger partial charge in [-0.1, -0.05) is 108 Å². The van der Waals surface area contributed by atoms with Crippen molar-refractivity contribution in [1.82, 2.24) is 24.1 Å². The number of aromatic nitrogens is 5. The van der Waals surface area contributed by atoms with Gasteiger partial charge >= 0.3 is 21.1 Å². The molecule has 0 bridgehead atoms. The van der Waals surface area contributed by atoms with E-state index < -0.39 is 0 Å². The number of fused-ring (bicyclic) bond motifs is 7. The van der Waals surface area contributed by atoms with Gasteiger partial charge in [0.25, 0.3) is 0 Å². The molecule has 0 N–H and O–H groups in total. The second-order valence-corrected chi connectivity index (χ2v) is 15.7. The average Bonchev–Trinajstić information content (AvgIpc) is 3.91. The molecule has 0 aliphatic rings. The molecule has 4 aromatic heterocycles. The van der Waals surface area contributed by atoms with E-state index >= 15 is 0 Å². The van der Waals surface area contributed by atoms with Gasteiger partial charge in [0.05, 0.1) is 11.0 Å². The van der Waals surface area contributed by atoms with Gasteiger partial charge in [-0.05, 0) is 126 Å². The Balaban J connectivity index is 0.00000420. The van der Waals surface area contributed by atoms with Gasteiger partial charge in [-0.2, -0.15) is 0 Å². The maximum Gasteiger partial charge on any atom is 2.00 e. The summed E-state index contributed by atoms with van der Waals surface area (Å²) in [6.45, 7) is 11.0. The molecule has 11 rings (SSSR count). The van der Waals surface area contributed by atoms with Crippen LogP contribution in [0.15, 0.2) is 146 Å². The second kappa shape index (κ2) is 14.1. The minimum Gasteiger partial charge on any atom is -0.656 e. The van der Waals surface area contributed by atoms with Crippen molar-refractivity contribution in [2.45, 2.75) is 34.6 Å². The Morgan fingerprint density at radius 3 is 2.10 bits per heavy atom. The van der Waals surface area contributed by atoms with Crippen molar-refractivity contribution in [1.29, 1.82) is 0 Å². The molecule has 0 radical (unpaired) electrons. The molecule has 286 valence electrons. The van der Waals surface area contributed by atoms with Crippen LogP contribution in [0.5, 0.6) is 0 Å². The molecule has 0 unspecified atom stereocenters. The van der Waals surface area contributed by atoms with Crippen LogP contribution < -0.4 is 4.98 Å². The number of para-hydroxylation sites is 3. The number of hydrogen-bond donors (Lipinski definition) is 0. The van der Waals surface area contributed by atoms with Crippen LogP contribution in [-0.4, -0.2) is 19.1 Å². The predicted octanol–water partition coefficient (Wildman–Crippen LogP) is 13.1. The monoisotopic (exact) mass is 940 g/mol. The first kappa shape index (κ1) is 36.8. The first-order valence-corrected chi connectivity index (χ1v) is 19.9. The summed E-state index contributed by atoms with van der Waals surface area (Å²) in [6, 6.07) is 53.6. The van der Waals surface area contributed by atoms with E-state index in [1.165, 1.54) is 44.3 Å². The Morgan fingerprint density at radius 2 is 1.31 bits per heavy atom. The van der Waals surface area contributed by atoms with Gasteiger partial charge in [0.2, 0.25) is 0 Å². The first-order valence-electron chi connectivity index (χ1n) is 19.9. The van der Waals surface area contributed by atoms with Crippen LogP contribution in [0.25, 0.3) is 99.8 Å². The van der Waals surface area contributed by atoms with E-state index in [-0.39, 0.29) is 21.1 Å². The number of nitrogens with zero attached hydrogens (tertiary/aromatic N) is 5. The fraction of sp³-hybridized carbons (Fsp3) is 0.0943. The molecule has 59 heavy (non-hydrogen) atoms. The van der Waals surface area contributed by atoms with Crippen molar-refractivity contribution < 1.29 is 21.1 Å². The number of benzene rings is 7. The summed E-state index contributed by atoms with van der Waals surface area (Å²) in [5.41, 5.74) is 18.7. The number of aryl methyl sites for hydroxylation is 5. The number of imidazole rings is 1. The minimum atomic E-state index is 0. The van der Waals surface area contributed by atoms with Crippen molar-refractivity contribution in [2.24, 2.45) is 0 Å². The zero-order valence-electron chi connectivity index (χ0n) is 33.4. The van der Waals surface area contributed by atoms with E-state index in [2.05, 4.69) is 177 Å². The van der Waals surface area contributed by atoms with E-state index in [0.717, 1.165) is 83.3 Å². The molecule has 0 saturated carbocycles. The van der Waals surface area contributed by atoms with Crippen molar-refractivity contribution in [3.8, 4) is 45.1 Å². The molecule has 0 amide bonds. The Hall–Kier alpha value is -6.55. The zero-order chi connectivity index (χ0) is 39.2. The Morgan fingerprint density at radius 1 is 0.559 bits per heavy atom. The SMILES string of the molecule is Cc1cc(C)c(-c2ccc(-c3nc4c(-c5[c-]c6c(cc5)c5cc(C)c(C)cc5n6-c5ccccn5)cccc4n3-c3ccccc3)c3[n-]c4ccccc4c23)c(C)c1.[Pt+2]. The summed E-state index contributed by atoms with van der Waals surface area (Å²) < 4.78 is 4.54. The maximum absolute atomic E-state index is 5.62. The smallest absolute Gasteiger partial charge is 0.656 e. The number of hydrogen-bond acceptors (Lipinski definition) is 2. The normalized spacial score (nSPS) is 11.7. The van der Waals surface area contributed by atoms with Crippen molar-refractivity contribution in [2.75, 3.05) is 0 Å². The van der Waals surface area contributed by atoms with Crippen LogP contribution in [0.4, 0.5) is 0 Å². The summed E-state index contributed by atoms with van der Waals surface area (Å²) >= 11 is 0. The van der Waals surface area contributed by atoms with Crippen LogP contribution >= 0.6 is 0 Å². The van der Waals surface area contributed by atoms with E-state index in [9.17, 15) is 0 Å². The van der Waals surface area contributed by atoms with Gasteiger partial charge in [-0.25, -0.2) is 9.97 Å². The van der Waals surface area contributed by atoms with Crippen LogP contribution in [0, 0.1) is 40.7 Å². The van der Waals surface area contributed by atoms with Crippen molar-refractivity contribution in [3.05, 3.63) is 180 Å². The Bertz CT molecular complexity index is 3420. The van der Waals surface area contributed by atoms with Crippen LogP contribution in [0.1, 0.15) is 27.8 Å². The van der Waals surface area contributed by atoms with Crippen LogP contribution in [0.3, 0.4) is 0 Å². The predicted molar refractivity (Wildman–Crippen MR) is 240 cm³/mol. The molecule has 0 saturated heterocycles. The molecule has 11 aromatic rings. The maximum atomic E-state index is 5.62. The van der Waals surface area contributed by atoms with E-state index in [1.54, 1.807) is 0 Å². The van der Waals surface area contributed by atoms with Gasteiger partial charge in [-0.3, -0.25) is 4.57 Å². The quantitative estimate of drug-likeness (QED) is 0.162. The van der Waals surface area contributed by atoms with Crippen molar-refractivity contribution >= 4 is 54.6 Å². The third kappa shape index (κ3) is 5.71. The third-order valence-electron chi connectivity index (χ3n) is 11.9. The van der Waals surface area contributed by atoms with Gasteiger partial charge in [0.15, 0.2) is 0 Å². The summed E-state index contributed by atoms with van der Waals surface area (Å²) in [4.78, 5) is 15.8. The standard InChI is InChI=1S/C53H39N5.Pt/c1-31-26-34(4)49(35(5)27-31)41-23-24-42(52-50(41)40-16-9-10-18-44(40)55-52)53-56-51-38(17-13-19-45(51)57(53)37-14-7-6-8-15-37)36-21-22-39-43-28-32(2)33(3)29-46(43)58(47(39)30-36)48-20-11-12-25-54-48;/h6-29H,1-5H3;/q-2;+2.